The normalized spacial score (nSPS) is 15.4. The Kier molecular flexibility index (Phi) is 10.6. The minimum atomic E-state index is 0. The predicted molar refractivity (Wildman–Crippen MR) is 124 cm³/mol. The molecule has 0 unspecified atom stereocenters. The summed E-state index contributed by atoms with van der Waals surface area (Å²) in [5.74, 6) is 1.80. The van der Waals surface area contributed by atoms with Crippen LogP contribution in [0.1, 0.15) is 51.3 Å². The molecule has 28 heavy (non-hydrogen) atoms. The van der Waals surface area contributed by atoms with Gasteiger partial charge in [0.15, 0.2) is 11.6 Å². The Morgan fingerprint density at radius 1 is 1.21 bits per heavy atom. The largest absolute Gasteiger partial charge is 0.378 e. The molecule has 1 aliphatic carbocycles. The van der Waals surface area contributed by atoms with Crippen molar-refractivity contribution in [2.45, 2.75) is 58.0 Å². The highest BCUT2D eigenvalue weighted by Crippen LogP contribution is 2.20. The molecule has 0 saturated heterocycles. The SMILES string of the molecule is CCNC(=NCCCOC1CCCCC1)NCCc1nnc2ccccn12.I. The van der Waals surface area contributed by atoms with E-state index >= 15 is 0 Å². The molecule has 7 nitrogen and oxygen atoms in total. The number of ether oxygens (including phenoxy) is 1. The number of guanidine groups is 1. The van der Waals surface area contributed by atoms with Crippen molar-refractivity contribution in [3.63, 3.8) is 0 Å². The first-order chi connectivity index (χ1) is 13.4. The third-order valence-corrected chi connectivity index (χ3v) is 4.85. The second kappa shape index (κ2) is 12.9. The summed E-state index contributed by atoms with van der Waals surface area (Å²) in [7, 11) is 0. The molecule has 1 fully saturated rings. The van der Waals surface area contributed by atoms with E-state index in [1.54, 1.807) is 0 Å². The monoisotopic (exact) mass is 500 g/mol. The molecular formula is C20H33IN6O. The van der Waals surface area contributed by atoms with E-state index in [0.717, 1.165) is 56.5 Å². The quantitative estimate of drug-likeness (QED) is 0.240. The lowest BCUT2D eigenvalue weighted by atomic mass is 9.98. The lowest BCUT2D eigenvalue weighted by Gasteiger charge is -2.21. The number of pyridine rings is 1. The van der Waals surface area contributed by atoms with Crippen LogP contribution >= 0.6 is 24.0 Å². The van der Waals surface area contributed by atoms with Gasteiger partial charge in [0.1, 0.15) is 5.82 Å². The third kappa shape index (κ3) is 7.20. The van der Waals surface area contributed by atoms with Crippen molar-refractivity contribution in [2.75, 3.05) is 26.2 Å². The van der Waals surface area contributed by atoms with Gasteiger partial charge in [-0.15, -0.1) is 34.2 Å². The third-order valence-electron chi connectivity index (χ3n) is 4.85. The first kappa shape index (κ1) is 22.9. The van der Waals surface area contributed by atoms with Gasteiger partial charge in [0.05, 0.1) is 6.10 Å². The van der Waals surface area contributed by atoms with Crippen LogP contribution in [0.5, 0.6) is 0 Å². The van der Waals surface area contributed by atoms with Crippen molar-refractivity contribution in [3.05, 3.63) is 30.2 Å². The van der Waals surface area contributed by atoms with Gasteiger partial charge in [-0.2, -0.15) is 0 Å². The van der Waals surface area contributed by atoms with E-state index in [0.29, 0.717) is 6.10 Å². The number of hydrogen-bond acceptors (Lipinski definition) is 4. The molecule has 2 aromatic rings. The predicted octanol–water partition coefficient (Wildman–Crippen LogP) is 3.18. The van der Waals surface area contributed by atoms with Gasteiger partial charge in [0, 0.05) is 38.9 Å². The van der Waals surface area contributed by atoms with Gasteiger partial charge in [0.25, 0.3) is 0 Å². The van der Waals surface area contributed by atoms with E-state index in [4.69, 9.17) is 4.74 Å². The van der Waals surface area contributed by atoms with E-state index < -0.39 is 0 Å². The van der Waals surface area contributed by atoms with E-state index in [1.165, 1.54) is 32.1 Å². The molecule has 156 valence electrons. The van der Waals surface area contributed by atoms with E-state index in [-0.39, 0.29) is 24.0 Å². The lowest BCUT2D eigenvalue weighted by Crippen LogP contribution is -2.38. The Balaban J connectivity index is 0.00000280. The molecule has 0 aromatic carbocycles. The van der Waals surface area contributed by atoms with Crippen molar-refractivity contribution in [1.82, 2.24) is 25.2 Å². The molecule has 0 spiro atoms. The van der Waals surface area contributed by atoms with Gasteiger partial charge in [-0.1, -0.05) is 25.3 Å². The highest BCUT2D eigenvalue weighted by Gasteiger charge is 2.12. The first-order valence-corrected chi connectivity index (χ1v) is 10.3. The number of nitrogens with zero attached hydrogens (tertiary/aromatic N) is 4. The van der Waals surface area contributed by atoms with Gasteiger partial charge in [-0.05, 0) is 38.3 Å². The van der Waals surface area contributed by atoms with Gasteiger partial charge >= 0.3 is 0 Å². The molecule has 8 heteroatoms. The van der Waals surface area contributed by atoms with Crippen molar-refractivity contribution in [2.24, 2.45) is 4.99 Å². The number of hydrogen-bond donors (Lipinski definition) is 2. The highest BCUT2D eigenvalue weighted by molar-refractivity contribution is 14.0. The number of aliphatic imine (C=N–C) groups is 1. The number of fused-ring (bicyclic) bond motifs is 1. The van der Waals surface area contributed by atoms with Crippen LogP contribution in [0, 0.1) is 0 Å². The lowest BCUT2D eigenvalue weighted by molar-refractivity contribution is 0.0281. The standard InChI is InChI=1S/C20H32N6O.HI/c1-2-21-20(22-13-8-16-27-17-9-4-3-5-10-17)23-14-12-19-25-24-18-11-6-7-15-26(18)19;/h6-7,11,15,17H,2-5,8-10,12-14,16H2,1H3,(H2,21,22,23);1H. The average Bonchev–Trinajstić information content (AvgIpc) is 3.12. The van der Waals surface area contributed by atoms with Crippen molar-refractivity contribution in [3.8, 4) is 0 Å². The smallest absolute Gasteiger partial charge is 0.191 e. The maximum absolute atomic E-state index is 5.97. The zero-order valence-electron chi connectivity index (χ0n) is 16.8. The number of halogens is 1. The summed E-state index contributed by atoms with van der Waals surface area (Å²) < 4.78 is 7.99. The zero-order chi connectivity index (χ0) is 18.7. The van der Waals surface area contributed by atoms with Gasteiger partial charge in [-0.3, -0.25) is 9.39 Å². The molecule has 1 saturated carbocycles. The van der Waals surface area contributed by atoms with E-state index in [1.807, 2.05) is 28.8 Å². The number of nitrogens with one attached hydrogen (secondary N) is 2. The fraction of sp³-hybridized carbons (Fsp3) is 0.650. The topological polar surface area (TPSA) is 75.8 Å². The molecular weight excluding hydrogens is 467 g/mol. The zero-order valence-corrected chi connectivity index (χ0v) is 19.1. The van der Waals surface area contributed by atoms with Crippen LogP contribution < -0.4 is 10.6 Å². The average molecular weight is 500 g/mol. The molecule has 1 aliphatic rings. The van der Waals surface area contributed by atoms with E-state index in [2.05, 4.69) is 32.7 Å². The van der Waals surface area contributed by atoms with Crippen LogP contribution in [-0.4, -0.2) is 52.9 Å². The molecule has 0 amide bonds. The number of aromatic nitrogens is 3. The summed E-state index contributed by atoms with van der Waals surface area (Å²) in [6, 6.07) is 5.93. The second-order valence-corrected chi connectivity index (χ2v) is 6.97. The van der Waals surface area contributed by atoms with Crippen molar-refractivity contribution in [1.29, 1.82) is 0 Å². The molecule has 3 rings (SSSR count). The summed E-state index contributed by atoms with van der Waals surface area (Å²) in [6.45, 7) is 5.27. The van der Waals surface area contributed by atoms with Crippen LogP contribution in [-0.2, 0) is 11.2 Å². The molecule has 0 bridgehead atoms. The van der Waals surface area contributed by atoms with Crippen LogP contribution in [0.25, 0.3) is 5.65 Å². The fourth-order valence-electron chi connectivity index (χ4n) is 3.43. The fourth-order valence-corrected chi connectivity index (χ4v) is 3.43. The van der Waals surface area contributed by atoms with E-state index in [9.17, 15) is 0 Å². The minimum absolute atomic E-state index is 0. The maximum atomic E-state index is 5.97. The molecule has 0 radical (unpaired) electrons. The Morgan fingerprint density at radius 3 is 2.89 bits per heavy atom. The van der Waals surface area contributed by atoms with Crippen LogP contribution in [0.15, 0.2) is 29.4 Å². The van der Waals surface area contributed by atoms with Crippen molar-refractivity contribution < 1.29 is 4.74 Å². The molecule has 0 atom stereocenters. The van der Waals surface area contributed by atoms with Crippen LogP contribution in [0.2, 0.25) is 0 Å². The van der Waals surface area contributed by atoms with Crippen molar-refractivity contribution >= 4 is 35.6 Å². The maximum Gasteiger partial charge on any atom is 0.191 e. The highest BCUT2D eigenvalue weighted by atomic mass is 127. The number of rotatable bonds is 9. The molecule has 0 aliphatic heterocycles. The summed E-state index contributed by atoms with van der Waals surface area (Å²) >= 11 is 0. The molecule has 2 heterocycles. The summed E-state index contributed by atoms with van der Waals surface area (Å²) in [6.07, 6.45) is 10.7. The van der Waals surface area contributed by atoms with Crippen LogP contribution in [0.4, 0.5) is 0 Å². The Labute approximate surface area is 184 Å². The van der Waals surface area contributed by atoms with Crippen LogP contribution in [0.3, 0.4) is 0 Å². The summed E-state index contributed by atoms with van der Waals surface area (Å²) in [4.78, 5) is 4.65. The first-order valence-electron chi connectivity index (χ1n) is 10.3. The van der Waals surface area contributed by atoms with Gasteiger partial charge in [0.2, 0.25) is 0 Å². The Morgan fingerprint density at radius 2 is 2.07 bits per heavy atom. The Hall–Kier alpha value is -1.42. The Bertz CT molecular complexity index is 714. The molecule has 2 aromatic heterocycles. The summed E-state index contributed by atoms with van der Waals surface area (Å²) in [5, 5.41) is 15.1. The minimum Gasteiger partial charge on any atom is -0.378 e. The van der Waals surface area contributed by atoms with Gasteiger partial charge in [-0.25, -0.2) is 0 Å². The van der Waals surface area contributed by atoms with Gasteiger partial charge < -0.3 is 15.4 Å². The molecule has 2 N–H and O–H groups in total. The summed E-state index contributed by atoms with van der Waals surface area (Å²) in [5.41, 5.74) is 0.881. The second-order valence-electron chi connectivity index (χ2n) is 6.97.